The van der Waals surface area contributed by atoms with Crippen LogP contribution in [-0.4, -0.2) is 57.8 Å². The number of hydrogen-bond acceptors (Lipinski definition) is 5. The first-order valence-electron chi connectivity index (χ1n) is 7.03. The zero-order valence-corrected chi connectivity index (χ0v) is 11.7. The average molecular weight is 296 g/mol. The van der Waals surface area contributed by atoms with Crippen LogP contribution in [0.4, 0.5) is 4.79 Å². The van der Waals surface area contributed by atoms with Crippen LogP contribution in [-0.2, 0) is 6.54 Å². The number of carbonyl (C=O) groups is 2. The first kappa shape index (κ1) is 15.2. The lowest BCUT2D eigenvalue weighted by molar-refractivity contribution is 0.0690. The number of carboxylic acid groups (broad SMARTS) is 1. The van der Waals surface area contributed by atoms with Crippen LogP contribution in [0.25, 0.3) is 0 Å². The van der Waals surface area contributed by atoms with Gasteiger partial charge in [0.05, 0.1) is 12.7 Å². The van der Waals surface area contributed by atoms with Crippen LogP contribution in [0.15, 0.2) is 6.20 Å². The Morgan fingerprint density at radius 2 is 2.05 bits per heavy atom. The van der Waals surface area contributed by atoms with Crippen molar-refractivity contribution < 1.29 is 14.7 Å². The molecular formula is C12H20N6O3. The number of carbonyl (C=O) groups excluding carboxylic acids is 1. The molecular weight excluding hydrogens is 276 g/mol. The smallest absolute Gasteiger partial charge is 0.358 e. The van der Waals surface area contributed by atoms with Crippen molar-refractivity contribution in [1.82, 2.24) is 30.9 Å². The van der Waals surface area contributed by atoms with E-state index in [4.69, 9.17) is 5.11 Å². The SMILES string of the molecule is O=C(NCCCNC1CC1)NCCn1cc(C(=O)O)nn1. The fourth-order valence-corrected chi connectivity index (χ4v) is 1.74. The highest BCUT2D eigenvalue weighted by Crippen LogP contribution is 2.18. The number of aromatic carboxylic acids is 1. The van der Waals surface area contributed by atoms with Gasteiger partial charge in [-0.1, -0.05) is 5.21 Å². The van der Waals surface area contributed by atoms with Crippen LogP contribution in [0.5, 0.6) is 0 Å². The Kier molecular flexibility index (Phi) is 5.50. The number of rotatable bonds is 9. The van der Waals surface area contributed by atoms with Gasteiger partial charge in [0.1, 0.15) is 0 Å². The third-order valence-electron chi connectivity index (χ3n) is 3.03. The summed E-state index contributed by atoms with van der Waals surface area (Å²) in [5.41, 5.74) is -0.109. The summed E-state index contributed by atoms with van der Waals surface area (Å²) in [6.07, 6.45) is 4.75. The van der Waals surface area contributed by atoms with Gasteiger partial charge in [0, 0.05) is 19.1 Å². The van der Waals surface area contributed by atoms with Crippen LogP contribution >= 0.6 is 0 Å². The summed E-state index contributed by atoms with van der Waals surface area (Å²) in [7, 11) is 0. The van der Waals surface area contributed by atoms with Crippen LogP contribution < -0.4 is 16.0 Å². The topological polar surface area (TPSA) is 121 Å². The molecule has 1 aromatic heterocycles. The van der Waals surface area contributed by atoms with E-state index < -0.39 is 5.97 Å². The average Bonchev–Trinajstić information content (AvgIpc) is 3.14. The van der Waals surface area contributed by atoms with E-state index in [0.29, 0.717) is 25.7 Å². The predicted molar refractivity (Wildman–Crippen MR) is 74.0 cm³/mol. The van der Waals surface area contributed by atoms with Crippen molar-refractivity contribution in [2.45, 2.75) is 31.8 Å². The monoisotopic (exact) mass is 296 g/mol. The standard InChI is InChI=1S/C12H20N6O3/c19-11(20)10-8-18(17-16-10)7-6-15-12(21)14-5-1-4-13-9-2-3-9/h8-9,13H,1-7H2,(H,19,20)(H2,14,15,21). The lowest BCUT2D eigenvalue weighted by atomic mass is 10.4. The lowest BCUT2D eigenvalue weighted by Gasteiger charge is -2.07. The molecule has 4 N–H and O–H groups in total. The Morgan fingerprint density at radius 1 is 1.29 bits per heavy atom. The van der Waals surface area contributed by atoms with Crippen molar-refractivity contribution in [1.29, 1.82) is 0 Å². The summed E-state index contributed by atoms with van der Waals surface area (Å²) in [4.78, 5) is 22.1. The maximum absolute atomic E-state index is 11.5. The Bertz CT molecular complexity index is 485. The third kappa shape index (κ3) is 5.78. The summed E-state index contributed by atoms with van der Waals surface area (Å²) in [6, 6.07) is 0.456. The van der Waals surface area contributed by atoms with E-state index >= 15 is 0 Å². The summed E-state index contributed by atoms with van der Waals surface area (Å²) in [5, 5.41) is 24.6. The molecule has 2 amide bonds. The molecule has 0 atom stereocenters. The molecule has 1 aliphatic carbocycles. The first-order chi connectivity index (χ1) is 10.1. The molecule has 0 aliphatic heterocycles. The van der Waals surface area contributed by atoms with E-state index in [9.17, 15) is 9.59 Å². The molecule has 0 radical (unpaired) electrons. The molecule has 0 saturated heterocycles. The van der Waals surface area contributed by atoms with E-state index in [1.165, 1.54) is 23.7 Å². The Balaban J connectivity index is 1.50. The van der Waals surface area contributed by atoms with Gasteiger partial charge in [0.25, 0.3) is 0 Å². The molecule has 0 aromatic carbocycles. The summed E-state index contributed by atoms with van der Waals surface area (Å²) >= 11 is 0. The van der Waals surface area contributed by atoms with Crippen LogP contribution in [0.1, 0.15) is 29.8 Å². The van der Waals surface area contributed by atoms with E-state index in [1.54, 1.807) is 0 Å². The molecule has 1 heterocycles. The van der Waals surface area contributed by atoms with Crippen molar-refractivity contribution in [3.63, 3.8) is 0 Å². The van der Waals surface area contributed by atoms with Gasteiger partial charge in [0.15, 0.2) is 5.69 Å². The Labute approximate surface area is 122 Å². The van der Waals surface area contributed by atoms with Crippen LogP contribution in [0.3, 0.4) is 0 Å². The summed E-state index contributed by atoms with van der Waals surface area (Å²) in [5.74, 6) is -1.12. The summed E-state index contributed by atoms with van der Waals surface area (Å²) in [6.45, 7) is 2.27. The molecule has 9 heteroatoms. The van der Waals surface area contributed by atoms with Crippen molar-refractivity contribution in [2.75, 3.05) is 19.6 Å². The highest BCUT2D eigenvalue weighted by Gasteiger charge is 2.19. The Morgan fingerprint density at radius 3 is 2.71 bits per heavy atom. The first-order valence-corrected chi connectivity index (χ1v) is 7.03. The van der Waals surface area contributed by atoms with Crippen LogP contribution in [0.2, 0.25) is 0 Å². The lowest BCUT2D eigenvalue weighted by Crippen LogP contribution is -2.38. The minimum Gasteiger partial charge on any atom is -0.476 e. The second kappa shape index (κ2) is 7.58. The normalized spacial score (nSPS) is 13.9. The van der Waals surface area contributed by atoms with Crippen molar-refractivity contribution in [2.24, 2.45) is 0 Å². The van der Waals surface area contributed by atoms with Crippen molar-refractivity contribution >= 4 is 12.0 Å². The summed E-state index contributed by atoms with van der Waals surface area (Å²) < 4.78 is 1.38. The second-order valence-corrected chi connectivity index (χ2v) is 4.94. The van der Waals surface area contributed by atoms with Gasteiger partial charge in [-0.05, 0) is 25.8 Å². The number of hydrogen-bond donors (Lipinski definition) is 4. The second-order valence-electron chi connectivity index (χ2n) is 4.94. The maximum atomic E-state index is 11.5. The third-order valence-corrected chi connectivity index (χ3v) is 3.03. The molecule has 1 fully saturated rings. The molecule has 0 bridgehead atoms. The number of aromatic nitrogens is 3. The molecule has 9 nitrogen and oxygen atoms in total. The van der Waals surface area contributed by atoms with E-state index in [0.717, 1.165) is 13.0 Å². The number of nitrogens with zero attached hydrogens (tertiary/aromatic N) is 3. The van der Waals surface area contributed by atoms with Gasteiger partial charge in [-0.3, -0.25) is 0 Å². The minimum absolute atomic E-state index is 0.109. The number of nitrogens with one attached hydrogen (secondary N) is 3. The van der Waals surface area contributed by atoms with Gasteiger partial charge < -0.3 is 21.1 Å². The van der Waals surface area contributed by atoms with Gasteiger partial charge >= 0.3 is 12.0 Å². The van der Waals surface area contributed by atoms with Gasteiger partial charge in [-0.2, -0.15) is 0 Å². The predicted octanol–water partition coefficient (Wildman–Crippen LogP) is -0.582. The Hall–Kier alpha value is -2.16. The minimum atomic E-state index is -1.12. The van der Waals surface area contributed by atoms with Gasteiger partial charge in [-0.15, -0.1) is 5.10 Å². The molecule has 0 unspecified atom stereocenters. The van der Waals surface area contributed by atoms with Crippen LogP contribution in [0, 0.1) is 0 Å². The largest absolute Gasteiger partial charge is 0.476 e. The van der Waals surface area contributed by atoms with E-state index in [-0.39, 0.29) is 11.7 Å². The zero-order chi connectivity index (χ0) is 15.1. The molecule has 21 heavy (non-hydrogen) atoms. The molecule has 116 valence electrons. The molecule has 2 rings (SSSR count). The number of amides is 2. The highest BCUT2D eigenvalue weighted by atomic mass is 16.4. The van der Waals surface area contributed by atoms with Gasteiger partial charge in [0.2, 0.25) is 0 Å². The van der Waals surface area contributed by atoms with E-state index in [1.807, 2.05) is 0 Å². The fourth-order valence-electron chi connectivity index (χ4n) is 1.74. The van der Waals surface area contributed by atoms with Crippen molar-refractivity contribution in [3.8, 4) is 0 Å². The number of urea groups is 1. The highest BCUT2D eigenvalue weighted by molar-refractivity contribution is 5.84. The van der Waals surface area contributed by atoms with Crippen molar-refractivity contribution in [3.05, 3.63) is 11.9 Å². The van der Waals surface area contributed by atoms with E-state index in [2.05, 4.69) is 26.3 Å². The quantitative estimate of drug-likeness (QED) is 0.452. The fraction of sp³-hybridized carbons (Fsp3) is 0.667. The number of carboxylic acids is 1. The maximum Gasteiger partial charge on any atom is 0.358 e. The van der Waals surface area contributed by atoms with Gasteiger partial charge in [-0.25, -0.2) is 14.3 Å². The molecule has 1 saturated carbocycles. The molecule has 1 aromatic rings. The zero-order valence-electron chi connectivity index (χ0n) is 11.7. The molecule has 1 aliphatic rings. The molecule has 0 spiro atoms.